The molecule has 1 atom stereocenters. The van der Waals surface area contributed by atoms with Crippen molar-refractivity contribution in [1.82, 2.24) is 5.32 Å². The van der Waals surface area contributed by atoms with Crippen molar-refractivity contribution in [2.24, 2.45) is 0 Å². The number of anilines is 1. The number of benzene rings is 2. The van der Waals surface area contributed by atoms with Crippen LogP contribution in [-0.4, -0.2) is 19.6 Å². The number of amides is 1. The number of ether oxygens (including phenoxy) is 1. The third-order valence-electron chi connectivity index (χ3n) is 4.56. The molecule has 0 saturated carbocycles. The van der Waals surface area contributed by atoms with E-state index in [1.807, 2.05) is 37.3 Å². The van der Waals surface area contributed by atoms with Gasteiger partial charge in [-0.05, 0) is 55.5 Å². The quantitative estimate of drug-likeness (QED) is 0.855. The molecule has 0 bridgehead atoms. The number of carbonyl (C=O) groups excluding carboxylic acids is 1. The Hall–Kier alpha value is -2.33. The van der Waals surface area contributed by atoms with Gasteiger partial charge in [0.25, 0.3) is 0 Å². The van der Waals surface area contributed by atoms with Crippen LogP contribution >= 0.6 is 0 Å². The molecule has 0 fully saturated rings. The Morgan fingerprint density at radius 1 is 1.17 bits per heavy atom. The van der Waals surface area contributed by atoms with Crippen LogP contribution in [0.25, 0.3) is 0 Å². The molecule has 2 N–H and O–H groups in total. The summed E-state index contributed by atoms with van der Waals surface area (Å²) >= 11 is 0. The van der Waals surface area contributed by atoms with E-state index < -0.39 is 0 Å². The Bertz CT molecular complexity index is 727. The maximum atomic E-state index is 12.2. The Morgan fingerprint density at radius 3 is 2.79 bits per heavy atom. The number of para-hydroxylation sites is 1. The first-order valence-corrected chi connectivity index (χ1v) is 8.45. The molecule has 0 heterocycles. The van der Waals surface area contributed by atoms with Gasteiger partial charge < -0.3 is 15.4 Å². The molecule has 1 aliphatic carbocycles. The molecule has 2 aromatic carbocycles. The molecule has 1 aliphatic rings. The number of hydrogen-bond acceptors (Lipinski definition) is 3. The Morgan fingerprint density at radius 2 is 1.96 bits per heavy atom. The molecule has 1 amide bonds. The number of aryl methyl sites for hydroxylation is 2. The van der Waals surface area contributed by atoms with Crippen LogP contribution in [0.1, 0.15) is 36.1 Å². The van der Waals surface area contributed by atoms with Gasteiger partial charge in [0.05, 0.1) is 13.7 Å². The number of carbonyl (C=O) groups is 1. The fraction of sp³-hybridized carbons (Fsp3) is 0.350. The Balaban J connectivity index is 1.55. The predicted octanol–water partition coefficient (Wildman–Crippen LogP) is 3.47. The van der Waals surface area contributed by atoms with Gasteiger partial charge >= 0.3 is 0 Å². The van der Waals surface area contributed by atoms with Crippen molar-refractivity contribution in [3.05, 3.63) is 59.2 Å². The van der Waals surface area contributed by atoms with Crippen molar-refractivity contribution < 1.29 is 9.53 Å². The highest BCUT2D eigenvalue weighted by Gasteiger charge is 2.14. The van der Waals surface area contributed by atoms with Crippen molar-refractivity contribution in [3.63, 3.8) is 0 Å². The summed E-state index contributed by atoms with van der Waals surface area (Å²) < 4.78 is 5.37. The monoisotopic (exact) mass is 324 g/mol. The summed E-state index contributed by atoms with van der Waals surface area (Å²) in [7, 11) is 1.66. The van der Waals surface area contributed by atoms with Gasteiger partial charge in [0.15, 0.2) is 0 Å². The summed E-state index contributed by atoms with van der Waals surface area (Å²) in [6, 6.07) is 14.1. The summed E-state index contributed by atoms with van der Waals surface area (Å²) in [5.74, 6) is 0.797. The summed E-state index contributed by atoms with van der Waals surface area (Å²) in [5, 5.41) is 6.23. The summed E-state index contributed by atoms with van der Waals surface area (Å²) in [4.78, 5) is 12.2. The highest BCUT2D eigenvalue weighted by molar-refractivity contribution is 5.92. The average Bonchev–Trinajstić information content (AvgIpc) is 3.07. The number of hydrogen-bond donors (Lipinski definition) is 2. The summed E-state index contributed by atoms with van der Waals surface area (Å²) in [6.07, 6.45) is 3.48. The zero-order valence-corrected chi connectivity index (χ0v) is 14.3. The number of rotatable bonds is 6. The largest absolute Gasteiger partial charge is 0.496 e. The first-order chi connectivity index (χ1) is 11.7. The number of nitrogens with one attached hydrogen (secondary N) is 2. The smallest absolute Gasteiger partial charge is 0.238 e. The molecule has 2 aromatic rings. The number of methoxy groups -OCH3 is 1. The van der Waals surface area contributed by atoms with E-state index in [0.717, 1.165) is 29.8 Å². The molecule has 4 heteroatoms. The van der Waals surface area contributed by atoms with Gasteiger partial charge in [0, 0.05) is 17.3 Å². The molecule has 0 spiro atoms. The lowest BCUT2D eigenvalue weighted by molar-refractivity contribution is -0.115. The minimum Gasteiger partial charge on any atom is -0.496 e. The molecular weight excluding hydrogens is 300 g/mol. The van der Waals surface area contributed by atoms with E-state index in [1.54, 1.807) is 7.11 Å². The van der Waals surface area contributed by atoms with E-state index in [4.69, 9.17) is 4.74 Å². The SMILES string of the molecule is COc1ccccc1C(C)NCC(=O)Nc1ccc2c(c1)CCC2. The zero-order chi connectivity index (χ0) is 16.9. The molecule has 126 valence electrons. The molecule has 0 radical (unpaired) electrons. The molecule has 24 heavy (non-hydrogen) atoms. The predicted molar refractivity (Wildman–Crippen MR) is 96.5 cm³/mol. The van der Waals surface area contributed by atoms with E-state index in [-0.39, 0.29) is 18.5 Å². The van der Waals surface area contributed by atoms with Gasteiger partial charge in [-0.2, -0.15) is 0 Å². The second-order valence-electron chi connectivity index (χ2n) is 6.23. The maximum absolute atomic E-state index is 12.2. The standard InChI is InChI=1S/C20H24N2O2/c1-14(18-8-3-4-9-19(18)24-2)21-13-20(23)22-17-11-10-15-6-5-7-16(15)12-17/h3-4,8-12,14,21H,5-7,13H2,1-2H3,(H,22,23). The van der Waals surface area contributed by atoms with Gasteiger partial charge in [-0.25, -0.2) is 0 Å². The van der Waals surface area contributed by atoms with Crippen molar-refractivity contribution in [1.29, 1.82) is 0 Å². The minimum atomic E-state index is -0.0327. The molecule has 1 unspecified atom stereocenters. The van der Waals surface area contributed by atoms with Gasteiger partial charge in [-0.3, -0.25) is 4.79 Å². The van der Waals surface area contributed by atoms with Gasteiger partial charge in [0.2, 0.25) is 5.91 Å². The van der Waals surface area contributed by atoms with Gasteiger partial charge in [0.1, 0.15) is 5.75 Å². The van der Waals surface area contributed by atoms with Crippen LogP contribution in [-0.2, 0) is 17.6 Å². The Kier molecular flexibility index (Phi) is 5.16. The summed E-state index contributed by atoms with van der Waals surface area (Å²) in [6.45, 7) is 2.29. The average molecular weight is 324 g/mol. The van der Waals surface area contributed by atoms with Crippen molar-refractivity contribution in [2.45, 2.75) is 32.2 Å². The van der Waals surface area contributed by atoms with Crippen molar-refractivity contribution >= 4 is 11.6 Å². The van der Waals surface area contributed by atoms with E-state index in [1.165, 1.54) is 17.5 Å². The van der Waals surface area contributed by atoms with E-state index in [0.29, 0.717) is 0 Å². The van der Waals surface area contributed by atoms with Crippen LogP contribution in [0, 0.1) is 0 Å². The number of fused-ring (bicyclic) bond motifs is 1. The lowest BCUT2D eigenvalue weighted by Gasteiger charge is -2.17. The van der Waals surface area contributed by atoms with Crippen LogP contribution in [0.15, 0.2) is 42.5 Å². The molecule has 0 aromatic heterocycles. The van der Waals surface area contributed by atoms with Crippen molar-refractivity contribution in [2.75, 3.05) is 19.0 Å². The van der Waals surface area contributed by atoms with E-state index in [9.17, 15) is 4.79 Å². The summed E-state index contributed by atoms with van der Waals surface area (Å²) in [5.41, 5.74) is 4.71. The van der Waals surface area contributed by atoms with Crippen molar-refractivity contribution in [3.8, 4) is 5.75 Å². The zero-order valence-electron chi connectivity index (χ0n) is 14.3. The van der Waals surface area contributed by atoms with E-state index in [2.05, 4.69) is 22.8 Å². The third kappa shape index (κ3) is 3.77. The highest BCUT2D eigenvalue weighted by Crippen LogP contribution is 2.25. The first-order valence-electron chi connectivity index (χ1n) is 8.45. The van der Waals surface area contributed by atoms with Crippen LogP contribution in [0.2, 0.25) is 0 Å². The topological polar surface area (TPSA) is 50.4 Å². The van der Waals surface area contributed by atoms with Crippen LogP contribution in [0.3, 0.4) is 0 Å². The fourth-order valence-electron chi connectivity index (χ4n) is 3.23. The van der Waals surface area contributed by atoms with Crippen LogP contribution in [0.5, 0.6) is 5.75 Å². The minimum absolute atomic E-state index is 0.0327. The molecule has 0 saturated heterocycles. The molecular formula is C20H24N2O2. The first kappa shape index (κ1) is 16.5. The molecule has 0 aliphatic heterocycles. The lowest BCUT2D eigenvalue weighted by Crippen LogP contribution is -2.30. The third-order valence-corrected chi connectivity index (χ3v) is 4.56. The van der Waals surface area contributed by atoms with Crippen LogP contribution in [0.4, 0.5) is 5.69 Å². The lowest BCUT2D eigenvalue weighted by atomic mass is 10.1. The van der Waals surface area contributed by atoms with Gasteiger partial charge in [-0.1, -0.05) is 24.3 Å². The van der Waals surface area contributed by atoms with Gasteiger partial charge in [-0.15, -0.1) is 0 Å². The van der Waals surface area contributed by atoms with E-state index >= 15 is 0 Å². The second-order valence-corrected chi connectivity index (χ2v) is 6.23. The Labute approximate surface area is 143 Å². The second kappa shape index (κ2) is 7.49. The maximum Gasteiger partial charge on any atom is 0.238 e. The van der Waals surface area contributed by atoms with Crippen LogP contribution < -0.4 is 15.4 Å². The molecule has 4 nitrogen and oxygen atoms in total. The highest BCUT2D eigenvalue weighted by atomic mass is 16.5. The fourth-order valence-corrected chi connectivity index (χ4v) is 3.23. The normalized spacial score (nSPS) is 14.1. The molecule has 3 rings (SSSR count).